The van der Waals surface area contributed by atoms with E-state index >= 15 is 0 Å². The number of carbonyl (C=O) groups excluding carboxylic acids is 1. The number of ether oxygens (including phenoxy) is 1. The maximum atomic E-state index is 12.0. The van der Waals surface area contributed by atoms with Crippen LogP contribution < -0.4 is 10.1 Å². The number of hydrogen-bond acceptors (Lipinski definition) is 4. The third-order valence-corrected chi connectivity index (χ3v) is 3.16. The first-order valence-electron chi connectivity index (χ1n) is 6.54. The molecule has 7 heteroatoms. The number of methoxy groups -OCH3 is 1. The van der Waals surface area contributed by atoms with E-state index in [0.717, 1.165) is 5.56 Å². The summed E-state index contributed by atoms with van der Waals surface area (Å²) in [5.74, 6) is 0.000304. The van der Waals surface area contributed by atoms with E-state index in [4.69, 9.17) is 16.3 Å². The van der Waals surface area contributed by atoms with E-state index in [1.54, 1.807) is 6.07 Å². The lowest BCUT2D eigenvalue weighted by Gasteiger charge is -2.09. The number of carbonyl (C=O) groups is 1. The highest BCUT2D eigenvalue weighted by Gasteiger charge is 2.21. The van der Waals surface area contributed by atoms with Crippen molar-refractivity contribution in [2.75, 3.05) is 7.11 Å². The third kappa shape index (κ3) is 3.52. The summed E-state index contributed by atoms with van der Waals surface area (Å²) in [5.41, 5.74) is 1.04. The normalized spacial score (nSPS) is 10.7. The molecule has 1 amide bonds. The standard InChI is InChI=1S/C14H17ClN4O2/c1-9(2)16-13(20)12-14(21-3)19(18-17-12)8-10-6-4-5-7-11(10)15/h4-7,9H,8H2,1-3H3,(H,16,20). The van der Waals surface area contributed by atoms with Crippen molar-refractivity contribution < 1.29 is 9.53 Å². The Hall–Kier alpha value is -2.08. The molecule has 2 rings (SSSR count). The zero-order valence-electron chi connectivity index (χ0n) is 12.1. The van der Waals surface area contributed by atoms with E-state index in [0.29, 0.717) is 17.4 Å². The van der Waals surface area contributed by atoms with Crippen LogP contribution in [0.4, 0.5) is 0 Å². The third-order valence-electron chi connectivity index (χ3n) is 2.80. The molecule has 0 aliphatic carbocycles. The summed E-state index contributed by atoms with van der Waals surface area (Å²) in [4.78, 5) is 12.0. The summed E-state index contributed by atoms with van der Waals surface area (Å²) in [6, 6.07) is 7.43. The first-order chi connectivity index (χ1) is 10.0. The first-order valence-corrected chi connectivity index (χ1v) is 6.92. The van der Waals surface area contributed by atoms with Gasteiger partial charge in [-0.05, 0) is 25.5 Å². The van der Waals surface area contributed by atoms with Gasteiger partial charge in [-0.1, -0.05) is 35.0 Å². The van der Waals surface area contributed by atoms with E-state index in [-0.39, 0.29) is 17.6 Å². The van der Waals surface area contributed by atoms with E-state index in [1.165, 1.54) is 11.8 Å². The number of hydrogen-bond donors (Lipinski definition) is 1. The van der Waals surface area contributed by atoms with Crippen LogP contribution in [0.1, 0.15) is 29.9 Å². The van der Waals surface area contributed by atoms with Gasteiger partial charge < -0.3 is 10.1 Å². The molecule has 112 valence electrons. The minimum absolute atomic E-state index is 0.0101. The van der Waals surface area contributed by atoms with Gasteiger partial charge >= 0.3 is 0 Å². The number of nitrogens with zero attached hydrogens (tertiary/aromatic N) is 3. The number of nitrogens with one attached hydrogen (secondary N) is 1. The van der Waals surface area contributed by atoms with Gasteiger partial charge in [0.25, 0.3) is 5.91 Å². The van der Waals surface area contributed by atoms with Crippen molar-refractivity contribution in [3.05, 3.63) is 40.5 Å². The predicted molar refractivity (Wildman–Crippen MR) is 79.7 cm³/mol. The van der Waals surface area contributed by atoms with Crippen LogP contribution in [0, 0.1) is 0 Å². The molecule has 0 fully saturated rings. The average molecular weight is 309 g/mol. The van der Waals surface area contributed by atoms with Crippen LogP contribution in [0.3, 0.4) is 0 Å². The summed E-state index contributed by atoms with van der Waals surface area (Å²) in [5, 5.41) is 11.3. The smallest absolute Gasteiger partial charge is 0.277 e. The topological polar surface area (TPSA) is 69.0 Å². The van der Waals surface area contributed by atoms with Crippen LogP contribution in [-0.2, 0) is 6.54 Å². The van der Waals surface area contributed by atoms with Crippen molar-refractivity contribution in [2.45, 2.75) is 26.4 Å². The summed E-state index contributed by atoms with van der Waals surface area (Å²) in [6.45, 7) is 4.13. The first kappa shape index (κ1) is 15.3. The molecule has 0 unspecified atom stereocenters. The molecule has 2 aromatic rings. The number of halogens is 1. The fourth-order valence-electron chi connectivity index (χ4n) is 1.87. The van der Waals surface area contributed by atoms with Gasteiger partial charge in [0.2, 0.25) is 11.6 Å². The second kappa shape index (κ2) is 6.58. The van der Waals surface area contributed by atoms with E-state index in [2.05, 4.69) is 15.6 Å². The number of rotatable bonds is 5. The van der Waals surface area contributed by atoms with Crippen LogP contribution in [0.25, 0.3) is 0 Å². The quantitative estimate of drug-likeness (QED) is 0.918. The largest absolute Gasteiger partial charge is 0.479 e. The monoisotopic (exact) mass is 308 g/mol. The van der Waals surface area contributed by atoms with Crippen molar-refractivity contribution in [1.82, 2.24) is 20.3 Å². The highest BCUT2D eigenvalue weighted by molar-refractivity contribution is 6.31. The fourth-order valence-corrected chi connectivity index (χ4v) is 2.07. The maximum Gasteiger partial charge on any atom is 0.277 e. The molecular formula is C14H17ClN4O2. The van der Waals surface area contributed by atoms with Gasteiger partial charge in [-0.15, -0.1) is 5.10 Å². The van der Waals surface area contributed by atoms with Crippen molar-refractivity contribution in [2.24, 2.45) is 0 Å². The van der Waals surface area contributed by atoms with Crippen molar-refractivity contribution in [1.29, 1.82) is 0 Å². The second-order valence-corrected chi connectivity index (χ2v) is 5.23. The summed E-state index contributed by atoms with van der Waals surface area (Å²) < 4.78 is 6.78. The van der Waals surface area contributed by atoms with Gasteiger partial charge in [0.05, 0.1) is 13.7 Å². The van der Waals surface area contributed by atoms with Crippen molar-refractivity contribution in [3.63, 3.8) is 0 Å². The van der Waals surface area contributed by atoms with E-state index in [9.17, 15) is 4.79 Å². The maximum absolute atomic E-state index is 12.0. The minimum Gasteiger partial charge on any atom is -0.479 e. The molecule has 1 aromatic carbocycles. The summed E-state index contributed by atoms with van der Waals surface area (Å²) in [7, 11) is 1.48. The van der Waals surface area contributed by atoms with Gasteiger partial charge in [-0.3, -0.25) is 4.79 Å². The molecule has 6 nitrogen and oxygen atoms in total. The highest BCUT2D eigenvalue weighted by atomic mass is 35.5. The zero-order valence-corrected chi connectivity index (χ0v) is 12.9. The summed E-state index contributed by atoms with van der Waals surface area (Å²) in [6.07, 6.45) is 0. The Balaban J connectivity index is 2.28. The molecule has 1 aromatic heterocycles. The Morgan fingerprint density at radius 2 is 2.14 bits per heavy atom. The Labute approximate surface area is 128 Å². The molecule has 21 heavy (non-hydrogen) atoms. The second-order valence-electron chi connectivity index (χ2n) is 4.82. The van der Waals surface area contributed by atoms with Gasteiger partial charge in [0, 0.05) is 11.1 Å². The lowest BCUT2D eigenvalue weighted by atomic mass is 10.2. The molecule has 0 saturated heterocycles. The molecule has 0 bridgehead atoms. The molecule has 1 heterocycles. The zero-order chi connectivity index (χ0) is 15.4. The Kier molecular flexibility index (Phi) is 4.80. The number of aromatic nitrogens is 3. The molecule has 0 aliphatic heterocycles. The molecule has 1 N–H and O–H groups in total. The van der Waals surface area contributed by atoms with Crippen LogP contribution in [0.5, 0.6) is 5.88 Å². The van der Waals surface area contributed by atoms with Crippen molar-refractivity contribution >= 4 is 17.5 Å². The predicted octanol–water partition coefficient (Wildman–Crippen LogP) is 2.13. The van der Waals surface area contributed by atoms with Crippen LogP contribution >= 0.6 is 11.6 Å². The molecular weight excluding hydrogens is 292 g/mol. The average Bonchev–Trinajstić information content (AvgIpc) is 2.83. The Bertz CT molecular complexity index is 640. The SMILES string of the molecule is COc1c(C(=O)NC(C)C)nnn1Cc1ccccc1Cl. The van der Waals surface area contributed by atoms with Crippen LogP contribution in [-0.4, -0.2) is 34.1 Å². The van der Waals surface area contributed by atoms with E-state index < -0.39 is 0 Å². The summed E-state index contributed by atoms with van der Waals surface area (Å²) >= 11 is 6.13. The van der Waals surface area contributed by atoms with Gasteiger partial charge in [0.1, 0.15) is 0 Å². The molecule has 0 atom stereocenters. The van der Waals surface area contributed by atoms with Crippen LogP contribution in [0.2, 0.25) is 5.02 Å². The molecule has 0 aliphatic rings. The fraction of sp³-hybridized carbons (Fsp3) is 0.357. The Morgan fingerprint density at radius 1 is 1.43 bits per heavy atom. The molecule has 0 radical (unpaired) electrons. The lowest BCUT2D eigenvalue weighted by Crippen LogP contribution is -2.30. The van der Waals surface area contributed by atoms with Gasteiger partial charge in [-0.25, -0.2) is 4.68 Å². The van der Waals surface area contributed by atoms with Gasteiger partial charge in [0.15, 0.2) is 0 Å². The van der Waals surface area contributed by atoms with Crippen molar-refractivity contribution in [3.8, 4) is 5.88 Å². The number of amides is 1. The molecule has 0 spiro atoms. The van der Waals surface area contributed by atoms with Crippen LogP contribution in [0.15, 0.2) is 24.3 Å². The number of benzene rings is 1. The van der Waals surface area contributed by atoms with E-state index in [1.807, 2.05) is 32.0 Å². The molecule has 0 saturated carbocycles. The Morgan fingerprint density at radius 3 is 2.76 bits per heavy atom. The minimum atomic E-state index is -0.313. The van der Waals surface area contributed by atoms with Gasteiger partial charge in [-0.2, -0.15) is 0 Å². The highest BCUT2D eigenvalue weighted by Crippen LogP contribution is 2.20. The lowest BCUT2D eigenvalue weighted by molar-refractivity contribution is 0.0934.